The van der Waals surface area contributed by atoms with Crippen molar-refractivity contribution in [3.8, 4) is 5.75 Å². The van der Waals surface area contributed by atoms with Crippen molar-refractivity contribution in [3.05, 3.63) is 72.7 Å². The fraction of sp³-hybridized carbons (Fsp3) is 0.320. The van der Waals surface area contributed by atoms with Gasteiger partial charge in [0.25, 0.3) is 5.91 Å². The number of hydrogen-bond donors (Lipinski definition) is 1. The average Bonchev–Trinajstić information content (AvgIpc) is 2.86. The van der Waals surface area contributed by atoms with Crippen molar-refractivity contribution in [1.29, 1.82) is 0 Å². The van der Waals surface area contributed by atoms with Crippen molar-refractivity contribution in [2.45, 2.75) is 18.9 Å². The van der Waals surface area contributed by atoms with Crippen LogP contribution in [0.4, 0.5) is 11.5 Å². The molecule has 0 saturated carbocycles. The summed E-state index contributed by atoms with van der Waals surface area (Å²) in [5, 5.41) is 10.9. The van der Waals surface area contributed by atoms with Crippen LogP contribution in [0, 0.1) is 5.92 Å². The van der Waals surface area contributed by atoms with Crippen molar-refractivity contribution in [1.82, 2.24) is 20.1 Å². The first-order valence-corrected chi connectivity index (χ1v) is 11.5. The molecule has 2 amide bonds. The smallest absolute Gasteiger partial charge is 0.272 e. The Morgan fingerprint density at radius 3 is 2.41 bits per heavy atom. The number of likely N-dealkylation sites (tertiary alicyclic amines) is 1. The number of amides is 2. The summed E-state index contributed by atoms with van der Waals surface area (Å²) in [5.74, 6) is 1.44. The van der Waals surface area contributed by atoms with Crippen molar-refractivity contribution in [3.63, 3.8) is 0 Å². The number of nitrogens with zero attached hydrogens (tertiary/aromatic N) is 5. The van der Waals surface area contributed by atoms with E-state index in [0.717, 1.165) is 30.1 Å². The van der Waals surface area contributed by atoms with Crippen LogP contribution in [0.15, 0.2) is 67.0 Å². The Bertz CT molecular complexity index is 1110. The standard InChI is InChI=1S/C25H26N6O3/c32-24(18-16-31(17-18)23-5-3-13-27-29-23)28-19-6-8-20(9-7-19)34-21-10-14-30(15-11-21)25(33)22-4-1-2-12-26-22/h1-9,12-13,18,21H,10-11,14-17H2,(H,28,32). The van der Waals surface area contributed by atoms with Gasteiger partial charge in [0.15, 0.2) is 5.82 Å². The molecule has 2 aliphatic heterocycles. The van der Waals surface area contributed by atoms with Crippen molar-refractivity contribution in [2.75, 3.05) is 36.4 Å². The summed E-state index contributed by atoms with van der Waals surface area (Å²) >= 11 is 0. The minimum atomic E-state index is -0.0723. The SMILES string of the molecule is O=C(Nc1ccc(OC2CCN(C(=O)c3ccccn3)CC2)cc1)C1CN(c2cccnn2)C1. The lowest BCUT2D eigenvalue weighted by molar-refractivity contribution is -0.120. The Morgan fingerprint density at radius 2 is 1.74 bits per heavy atom. The Kier molecular flexibility index (Phi) is 6.33. The Hall–Kier alpha value is -4.01. The number of carbonyl (C=O) groups is 2. The van der Waals surface area contributed by atoms with Crippen LogP contribution in [0.2, 0.25) is 0 Å². The number of nitrogens with one attached hydrogen (secondary N) is 1. The molecule has 2 fully saturated rings. The van der Waals surface area contributed by atoms with E-state index in [1.165, 1.54) is 0 Å². The lowest BCUT2D eigenvalue weighted by atomic mass is 9.99. The molecule has 1 N–H and O–H groups in total. The van der Waals surface area contributed by atoms with Gasteiger partial charge in [0.2, 0.25) is 5.91 Å². The van der Waals surface area contributed by atoms with E-state index in [0.29, 0.717) is 31.9 Å². The van der Waals surface area contributed by atoms with Crippen LogP contribution in [0.3, 0.4) is 0 Å². The van der Waals surface area contributed by atoms with Gasteiger partial charge in [-0.3, -0.25) is 14.6 Å². The fourth-order valence-electron chi connectivity index (χ4n) is 4.18. The largest absolute Gasteiger partial charge is 0.490 e. The highest BCUT2D eigenvalue weighted by Gasteiger charge is 2.33. The number of pyridine rings is 1. The topological polar surface area (TPSA) is 101 Å². The second-order valence-electron chi connectivity index (χ2n) is 8.52. The molecule has 2 aliphatic rings. The normalized spacial score (nSPS) is 16.6. The number of carbonyl (C=O) groups excluding carboxylic acids is 2. The van der Waals surface area contributed by atoms with Gasteiger partial charge in [0.1, 0.15) is 17.5 Å². The van der Waals surface area contributed by atoms with Gasteiger partial charge in [0.05, 0.1) is 5.92 Å². The molecule has 9 heteroatoms. The second kappa shape index (κ2) is 9.86. The zero-order valence-corrected chi connectivity index (χ0v) is 18.7. The van der Waals surface area contributed by atoms with Gasteiger partial charge in [-0.1, -0.05) is 6.07 Å². The van der Waals surface area contributed by atoms with Crippen LogP contribution in [-0.4, -0.2) is 64.2 Å². The van der Waals surface area contributed by atoms with Gasteiger partial charge in [0, 0.05) is 57.1 Å². The Labute approximate surface area is 197 Å². The van der Waals surface area contributed by atoms with Crippen LogP contribution >= 0.6 is 0 Å². The molecule has 2 saturated heterocycles. The third-order valence-electron chi connectivity index (χ3n) is 6.17. The van der Waals surface area contributed by atoms with Crippen LogP contribution in [-0.2, 0) is 4.79 Å². The number of benzene rings is 1. The van der Waals surface area contributed by atoms with Crippen molar-refractivity contribution >= 4 is 23.3 Å². The van der Waals surface area contributed by atoms with Gasteiger partial charge in [-0.15, -0.1) is 5.10 Å². The molecule has 4 heterocycles. The number of hydrogen-bond acceptors (Lipinski definition) is 7. The predicted octanol–water partition coefficient (Wildman–Crippen LogP) is 2.63. The number of aromatic nitrogens is 3. The molecule has 0 spiro atoms. The molecular weight excluding hydrogens is 432 g/mol. The van der Waals surface area contributed by atoms with E-state index < -0.39 is 0 Å². The van der Waals surface area contributed by atoms with Gasteiger partial charge >= 0.3 is 0 Å². The zero-order valence-electron chi connectivity index (χ0n) is 18.7. The second-order valence-corrected chi connectivity index (χ2v) is 8.52. The predicted molar refractivity (Wildman–Crippen MR) is 127 cm³/mol. The van der Waals surface area contributed by atoms with Gasteiger partial charge in [-0.25, -0.2) is 0 Å². The average molecular weight is 459 g/mol. The fourth-order valence-corrected chi connectivity index (χ4v) is 4.18. The summed E-state index contributed by atoms with van der Waals surface area (Å²) in [6.45, 7) is 2.54. The molecule has 0 radical (unpaired) electrons. The maximum atomic E-state index is 12.5. The minimum absolute atomic E-state index is 0.00115. The van der Waals surface area contributed by atoms with Crippen LogP contribution in [0.5, 0.6) is 5.75 Å². The quantitative estimate of drug-likeness (QED) is 0.606. The number of rotatable bonds is 6. The van der Waals surface area contributed by atoms with E-state index in [4.69, 9.17) is 4.74 Å². The summed E-state index contributed by atoms with van der Waals surface area (Å²) in [4.78, 5) is 33.1. The molecule has 9 nitrogen and oxygen atoms in total. The highest BCUT2D eigenvalue weighted by atomic mass is 16.5. The maximum Gasteiger partial charge on any atom is 0.272 e. The number of ether oxygens (including phenoxy) is 1. The molecular formula is C25H26N6O3. The first kappa shape index (κ1) is 21.8. The molecule has 0 bridgehead atoms. The first-order chi connectivity index (χ1) is 16.7. The van der Waals surface area contributed by atoms with Crippen molar-refractivity contribution in [2.24, 2.45) is 5.92 Å². The summed E-state index contributed by atoms with van der Waals surface area (Å²) in [5.41, 5.74) is 1.22. The van der Waals surface area contributed by atoms with Crippen molar-refractivity contribution < 1.29 is 14.3 Å². The molecule has 174 valence electrons. The summed E-state index contributed by atoms with van der Waals surface area (Å²) in [6.07, 6.45) is 4.85. The van der Waals surface area contributed by atoms with Crippen LogP contribution in [0.1, 0.15) is 23.3 Å². The Balaban J connectivity index is 1.06. The van der Waals surface area contributed by atoms with E-state index in [2.05, 4.69) is 20.5 Å². The van der Waals surface area contributed by atoms with E-state index in [1.807, 2.05) is 52.3 Å². The lowest BCUT2D eigenvalue weighted by Crippen LogP contribution is -2.52. The number of anilines is 2. The van der Waals surface area contributed by atoms with Crippen LogP contribution in [0.25, 0.3) is 0 Å². The third-order valence-corrected chi connectivity index (χ3v) is 6.17. The highest BCUT2D eigenvalue weighted by molar-refractivity contribution is 5.94. The van der Waals surface area contributed by atoms with Gasteiger partial charge in [-0.05, 0) is 48.5 Å². The minimum Gasteiger partial charge on any atom is -0.490 e. The molecule has 1 aromatic carbocycles. The number of piperidine rings is 1. The Morgan fingerprint density at radius 1 is 0.941 bits per heavy atom. The zero-order chi connectivity index (χ0) is 23.3. The molecule has 34 heavy (non-hydrogen) atoms. The monoisotopic (exact) mass is 458 g/mol. The molecule has 0 aliphatic carbocycles. The molecule has 5 rings (SSSR count). The third kappa shape index (κ3) is 4.98. The van der Waals surface area contributed by atoms with Crippen LogP contribution < -0.4 is 15.0 Å². The lowest BCUT2D eigenvalue weighted by Gasteiger charge is -2.38. The maximum absolute atomic E-state index is 12.5. The van der Waals surface area contributed by atoms with E-state index in [1.54, 1.807) is 24.5 Å². The molecule has 0 unspecified atom stereocenters. The summed E-state index contributed by atoms with van der Waals surface area (Å²) in [6, 6.07) is 16.5. The van der Waals surface area contributed by atoms with E-state index >= 15 is 0 Å². The first-order valence-electron chi connectivity index (χ1n) is 11.5. The summed E-state index contributed by atoms with van der Waals surface area (Å²) < 4.78 is 6.11. The van der Waals surface area contributed by atoms with Gasteiger partial charge in [-0.2, -0.15) is 5.10 Å². The molecule has 3 aromatic rings. The molecule has 2 aromatic heterocycles. The van der Waals surface area contributed by atoms with E-state index in [9.17, 15) is 9.59 Å². The summed E-state index contributed by atoms with van der Waals surface area (Å²) in [7, 11) is 0. The van der Waals surface area contributed by atoms with Gasteiger partial charge < -0.3 is 19.9 Å². The van der Waals surface area contributed by atoms with E-state index in [-0.39, 0.29) is 23.8 Å². The molecule has 0 atom stereocenters. The highest BCUT2D eigenvalue weighted by Crippen LogP contribution is 2.25.